The number of aromatic amines is 1. The molecule has 0 unspecified atom stereocenters. The van der Waals surface area contributed by atoms with Crippen molar-refractivity contribution in [2.24, 2.45) is 11.8 Å². The van der Waals surface area contributed by atoms with Crippen LogP contribution in [-0.4, -0.2) is 60.9 Å². The molecule has 226 valence electrons. The molecule has 1 saturated carbocycles. The van der Waals surface area contributed by atoms with E-state index in [1.54, 1.807) is 0 Å². The quantitative estimate of drug-likeness (QED) is 0.0936. The van der Waals surface area contributed by atoms with E-state index in [-0.39, 0.29) is 18.6 Å². The summed E-state index contributed by atoms with van der Waals surface area (Å²) in [5, 5.41) is 51.1. The number of aliphatic carboxylic acids is 1. The SMILES string of the molecule is CCCCCCC[C@H](O)CCCCCC[C@H](C(=O)O)[C@H](O)CC[C@@]1(O)CCC[C@H]1Cc1ccc(CCCO)[nH]1. The molecule has 0 aromatic carbocycles. The standard InChI is InChI=1S/C32H57NO6/c1-2-3-4-5-8-15-28(35)16-9-6-7-10-17-29(31(37)38)30(36)20-22-32(39)21-11-13-25(32)24-27-19-18-26(33-27)14-12-23-34/h18-19,25,28-30,33-36,39H,2-17,20-24H2,1H3,(H,37,38)/t25-,28-,29-,30+,32-/m0/s1. The maximum absolute atomic E-state index is 11.9. The summed E-state index contributed by atoms with van der Waals surface area (Å²) in [6.45, 7) is 2.37. The van der Waals surface area contributed by atoms with E-state index in [0.29, 0.717) is 25.7 Å². The minimum atomic E-state index is -0.960. The summed E-state index contributed by atoms with van der Waals surface area (Å²) >= 11 is 0. The van der Waals surface area contributed by atoms with Gasteiger partial charge in [0.05, 0.1) is 23.7 Å². The number of aromatic nitrogens is 1. The van der Waals surface area contributed by atoms with Crippen LogP contribution < -0.4 is 0 Å². The molecule has 1 aromatic rings. The van der Waals surface area contributed by atoms with Crippen molar-refractivity contribution in [3.05, 3.63) is 23.5 Å². The molecule has 0 bridgehead atoms. The third kappa shape index (κ3) is 12.8. The lowest BCUT2D eigenvalue weighted by Crippen LogP contribution is -2.37. The van der Waals surface area contributed by atoms with E-state index in [1.165, 1.54) is 25.7 Å². The third-order valence-electron chi connectivity index (χ3n) is 8.90. The van der Waals surface area contributed by atoms with E-state index in [2.05, 4.69) is 18.0 Å². The molecule has 1 aromatic heterocycles. The number of hydrogen-bond donors (Lipinski definition) is 6. The molecule has 0 aliphatic heterocycles. The zero-order valence-electron chi connectivity index (χ0n) is 24.5. The Balaban J connectivity index is 1.68. The first kappa shape index (κ1) is 33.8. The van der Waals surface area contributed by atoms with E-state index in [9.17, 15) is 25.2 Å². The Morgan fingerprint density at radius 1 is 0.949 bits per heavy atom. The lowest BCUT2D eigenvalue weighted by Gasteiger charge is -2.32. The number of rotatable bonds is 23. The van der Waals surface area contributed by atoms with Gasteiger partial charge in [-0.1, -0.05) is 71.1 Å². The van der Waals surface area contributed by atoms with E-state index in [0.717, 1.165) is 88.4 Å². The average molecular weight is 552 g/mol. The van der Waals surface area contributed by atoms with Crippen molar-refractivity contribution in [2.45, 2.75) is 153 Å². The van der Waals surface area contributed by atoms with Crippen LogP contribution in [0.2, 0.25) is 0 Å². The molecule has 7 heteroatoms. The summed E-state index contributed by atoms with van der Waals surface area (Å²) in [6.07, 6.45) is 16.1. The highest BCUT2D eigenvalue weighted by Gasteiger charge is 2.41. The Bertz CT molecular complexity index is 782. The van der Waals surface area contributed by atoms with Crippen LogP contribution in [0, 0.1) is 11.8 Å². The molecule has 2 rings (SSSR count). The van der Waals surface area contributed by atoms with Crippen LogP contribution in [0.5, 0.6) is 0 Å². The number of aryl methyl sites for hydroxylation is 1. The second kappa shape index (κ2) is 18.8. The molecule has 7 nitrogen and oxygen atoms in total. The molecule has 5 atom stereocenters. The van der Waals surface area contributed by atoms with Gasteiger partial charge >= 0.3 is 5.97 Å². The minimum Gasteiger partial charge on any atom is -0.481 e. The monoisotopic (exact) mass is 551 g/mol. The van der Waals surface area contributed by atoms with Gasteiger partial charge in [0.15, 0.2) is 0 Å². The van der Waals surface area contributed by atoms with Gasteiger partial charge in [-0.2, -0.15) is 0 Å². The normalized spacial score (nSPS) is 21.7. The summed E-state index contributed by atoms with van der Waals surface area (Å²) in [7, 11) is 0. The predicted octanol–water partition coefficient (Wildman–Crippen LogP) is 5.92. The number of aliphatic hydroxyl groups is 4. The van der Waals surface area contributed by atoms with Crippen molar-refractivity contribution in [3.8, 4) is 0 Å². The second-order valence-electron chi connectivity index (χ2n) is 12.1. The summed E-state index contributed by atoms with van der Waals surface area (Å²) < 4.78 is 0. The van der Waals surface area contributed by atoms with Crippen LogP contribution >= 0.6 is 0 Å². The highest BCUT2D eigenvalue weighted by Crippen LogP contribution is 2.41. The molecular formula is C32H57NO6. The molecule has 6 N–H and O–H groups in total. The molecule has 39 heavy (non-hydrogen) atoms. The topological polar surface area (TPSA) is 134 Å². The Morgan fingerprint density at radius 3 is 2.23 bits per heavy atom. The molecule has 0 amide bonds. The van der Waals surface area contributed by atoms with E-state index < -0.39 is 23.6 Å². The molecule has 0 radical (unpaired) electrons. The van der Waals surface area contributed by atoms with Gasteiger partial charge in [-0.15, -0.1) is 0 Å². The Labute approximate surface area is 236 Å². The average Bonchev–Trinajstić information content (AvgIpc) is 3.51. The van der Waals surface area contributed by atoms with Gasteiger partial charge in [0.1, 0.15) is 0 Å². The molecule has 1 aliphatic rings. The number of nitrogens with one attached hydrogen (secondary N) is 1. The minimum absolute atomic E-state index is 0.0870. The maximum atomic E-state index is 11.9. The molecule has 1 fully saturated rings. The van der Waals surface area contributed by atoms with E-state index in [4.69, 9.17) is 5.11 Å². The number of H-pyrrole nitrogens is 1. The van der Waals surface area contributed by atoms with Crippen molar-refractivity contribution in [1.82, 2.24) is 4.98 Å². The number of aliphatic hydroxyl groups excluding tert-OH is 3. The summed E-state index contributed by atoms with van der Waals surface area (Å²) in [5.41, 5.74) is 1.29. The molecular weight excluding hydrogens is 494 g/mol. The van der Waals surface area contributed by atoms with Gasteiger partial charge in [-0.05, 0) is 82.3 Å². The van der Waals surface area contributed by atoms with Crippen LogP contribution in [0.4, 0.5) is 0 Å². The Morgan fingerprint density at radius 2 is 1.59 bits per heavy atom. The van der Waals surface area contributed by atoms with Crippen molar-refractivity contribution in [3.63, 3.8) is 0 Å². The van der Waals surface area contributed by atoms with Crippen molar-refractivity contribution in [1.29, 1.82) is 0 Å². The number of hydrogen-bond acceptors (Lipinski definition) is 5. The lowest BCUT2D eigenvalue weighted by atomic mass is 9.81. The smallest absolute Gasteiger partial charge is 0.309 e. The van der Waals surface area contributed by atoms with Crippen LogP contribution in [0.25, 0.3) is 0 Å². The van der Waals surface area contributed by atoms with Gasteiger partial charge < -0.3 is 30.5 Å². The number of unbranched alkanes of at least 4 members (excludes halogenated alkanes) is 7. The zero-order valence-corrected chi connectivity index (χ0v) is 24.5. The van der Waals surface area contributed by atoms with E-state index >= 15 is 0 Å². The predicted molar refractivity (Wildman–Crippen MR) is 156 cm³/mol. The maximum Gasteiger partial charge on any atom is 0.309 e. The summed E-state index contributed by atoms with van der Waals surface area (Å²) in [6, 6.07) is 4.09. The molecule has 1 aliphatic carbocycles. The Hall–Kier alpha value is -1.41. The fraction of sp³-hybridized carbons (Fsp3) is 0.844. The third-order valence-corrected chi connectivity index (χ3v) is 8.90. The van der Waals surface area contributed by atoms with Crippen LogP contribution in [-0.2, 0) is 17.6 Å². The van der Waals surface area contributed by atoms with Crippen molar-refractivity contribution in [2.75, 3.05) is 6.61 Å². The first-order valence-corrected chi connectivity index (χ1v) is 15.9. The molecule has 0 spiro atoms. The van der Waals surface area contributed by atoms with Gasteiger partial charge in [0.2, 0.25) is 0 Å². The van der Waals surface area contributed by atoms with E-state index in [1.807, 2.05) is 6.07 Å². The highest BCUT2D eigenvalue weighted by atomic mass is 16.4. The number of carbonyl (C=O) groups is 1. The van der Waals surface area contributed by atoms with Gasteiger partial charge in [0.25, 0.3) is 0 Å². The largest absolute Gasteiger partial charge is 0.481 e. The fourth-order valence-corrected chi connectivity index (χ4v) is 6.34. The van der Waals surface area contributed by atoms with Crippen LogP contribution in [0.3, 0.4) is 0 Å². The Kier molecular flexibility index (Phi) is 16.3. The van der Waals surface area contributed by atoms with Crippen LogP contribution in [0.1, 0.15) is 134 Å². The van der Waals surface area contributed by atoms with Crippen LogP contribution in [0.15, 0.2) is 12.1 Å². The molecule has 1 heterocycles. The first-order valence-electron chi connectivity index (χ1n) is 15.9. The van der Waals surface area contributed by atoms with Gasteiger partial charge in [-0.25, -0.2) is 0 Å². The fourth-order valence-electron chi connectivity index (χ4n) is 6.34. The molecule has 0 saturated heterocycles. The van der Waals surface area contributed by atoms with Crippen molar-refractivity contribution < 1.29 is 30.3 Å². The second-order valence-corrected chi connectivity index (χ2v) is 12.1. The van der Waals surface area contributed by atoms with Gasteiger partial charge in [-0.3, -0.25) is 4.79 Å². The zero-order chi connectivity index (χ0) is 28.5. The summed E-state index contributed by atoms with van der Waals surface area (Å²) in [4.78, 5) is 15.3. The lowest BCUT2D eigenvalue weighted by molar-refractivity contribution is -0.146. The first-order chi connectivity index (χ1) is 18.8. The number of carboxylic acid groups (broad SMARTS) is 1. The summed E-state index contributed by atoms with van der Waals surface area (Å²) in [5.74, 6) is -1.68. The number of carboxylic acids is 1. The van der Waals surface area contributed by atoms with Gasteiger partial charge in [0, 0.05) is 18.0 Å². The highest BCUT2D eigenvalue weighted by molar-refractivity contribution is 5.70. The van der Waals surface area contributed by atoms with Crippen molar-refractivity contribution >= 4 is 5.97 Å².